The van der Waals surface area contributed by atoms with Crippen molar-refractivity contribution >= 4 is 23.5 Å². The minimum Gasteiger partial charge on any atom is -0.493 e. The summed E-state index contributed by atoms with van der Waals surface area (Å²) in [4.78, 5) is 31.0. The van der Waals surface area contributed by atoms with Crippen molar-refractivity contribution in [1.82, 2.24) is 14.5 Å². The van der Waals surface area contributed by atoms with E-state index in [1.54, 1.807) is 26.5 Å². The summed E-state index contributed by atoms with van der Waals surface area (Å²) in [6.07, 6.45) is 3.93. The third-order valence-corrected chi connectivity index (χ3v) is 7.54. The molecule has 2 aliphatic rings. The summed E-state index contributed by atoms with van der Waals surface area (Å²) in [5.41, 5.74) is 3.02. The second-order valence-electron chi connectivity index (χ2n) is 9.57. The number of aliphatic carboxylic acids is 1. The molecular formula is C28H30ClN3O6. The fourth-order valence-corrected chi connectivity index (χ4v) is 5.60. The van der Waals surface area contributed by atoms with E-state index in [2.05, 4.69) is 4.98 Å². The number of ether oxygens (including phenoxy) is 3. The van der Waals surface area contributed by atoms with Crippen LogP contribution >= 0.6 is 11.6 Å². The van der Waals surface area contributed by atoms with Gasteiger partial charge >= 0.3 is 5.97 Å². The molecule has 9 nitrogen and oxygen atoms in total. The number of pyridine rings is 1. The minimum absolute atomic E-state index is 0.0372. The zero-order valence-corrected chi connectivity index (χ0v) is 22.1. The lowest BCUT2D eigenvalue weighted by molar-refractivity contribution is -0.139. The Hall–Kier alpha value is -3.56. The van der Waals surface area contributed by atoms with Gasteiger partial charge in [0, 0.05) is 48.6 Å². The van der Waals surface area contributed by atoms with Gasteiger partial charge in [0.2, 0.25) is 5.91 Å². The number of likely N-dealkylation sites (tertiary alicyclic amines) is 1. The lowest BCUT2D eigenvalue weighted by atomic mass is 9.93. The van der Waals surface area contributed by atoms with E-state index in [1.807, 2.05) is 46.0 Å². The first kappa shape index (κ1) is 26.1. The van der Waals surface area contributed by atoms with Crippen molar-refractivity contribution in [3.63, 3.8) is 0 Å². The van der Waals surface area contributed by atoms with Crippen molar-refractivity contribution in [2.75, 3.05) is 27.3 Å². The van der Waals surface area contributed by atoms with Gasteiger partial charge in [0.15, 0.2) is 11.5 Å². The van der Waals surface area contributed by atoms with Crippen LogP contribution in [0.4, 0.5) is 0 Å². The Morgan fingerprint density at radius 3 is 2.63 bits per heavy atom. The molecule has 2 aliphatic heterocycles. The van der Waals surface area contributed by atoms with Gasteiger partial charge in [0.05, 0.1) is 32.0 Å². The van der Waals surface area contributed by atoms with Gasteiger partial charge in [0.1, 0.15) is 17.9 Å². The number of carboxylic acid groups (broad SMARTS) is 1. The molecule has 200 valence electrons. The maximum Gasteiger partial charge on any atom is 0.303 e. The number of methoxy groups -OCH3 is 2. The van der Waals surface area contributed by atoms with Crippen molar-refractivity contribution < 1.29 is 28.9 Å². The van der Waals surface area contributed by atoms with Crippen LogP contribution in [0.15, 0.2) is 48.8 Å². The van der Waals surface area contributed by atoms with Crippen molar-refractivity contribution in [3.05, 3.63) is 70.8 Å². The fraction of sp³-hybridized carbons (Fsp3) is 0.393. The zero-order valence-electron chi connectivity index (χ0n) is 21.3. The minimum atomic E-state index is -0.797. The molecule has 38 heavy (non-hydrogen) atoms. The summed E-state index contributed by atoms with van der Waals surface area (Å²) in [7, 11) is 3.12. The second-order valence-corrected chi connectivity index (χ2v) is 10.0. The topological polar surface area (TPSA) is 103 Å². The van der Waals surface area contributed by atoms with Crippen LogP contribution in [0.2, 0.25) is 5.02 Å². The van der Waals surface area contributed by atoms with Crippen LogP contribution in [0.1, 0.15) is 54.8 Å². The molecule has 0 unspecified atom stereocenters. The van der Waals surface area contributed by atoms with Crippen LogP contribution in [0.5, 0.6) is 11.5 Å². The Bertz CT molecular complexity index is 1330. The smallest absolute Gasteiger partial charge is 0.303 e. The quantitative estimate of drug-likeness (QED) is 0.459. The first-order chi connectivity index (χ1) is 18.4. The van der Waals surface area contributed by atoms with Gasteiger partial charge in [-0.05, 0) is 49.1 Å². The van der Waals surface area contributed by atoms with E-state index in [-0.39, 0.29) is 24.7 Å². The van der Waals surface area contributed by atoms with Crippen LogP contribution in [0, 0.1) is 5.92 Å². The number of carbonyl (C=O) groups is 2. The average Bonchev–Trinajstić information content (AvgIpc) is 3.36. The molecule has 0 spiro atoms. The number of amides is 1. The molecule has 3 aromatic rings. The molecule has 0 bridgehead atoms. The van der Waals surface area contributed by atoms with Crippen LogP contribution in [-0.2, 0) is 14.3 Å². The molecule has 1 N–H and O–H groups in total. The fourth-order valence-electron chi connectivity index (χ4n) is 5.42. The zero-order chi connectivity index (χ0) is 26.8. The maximum absolute atomic E-state index is 13.5. The summed E-state index contributed by atoms with van der Waals surface area (Å²) in [5, 5.41) is 9.66. The van der Waals surface area contributed by atoms with E-state index in [9.17, 15) is 9.59 Å². The van der Waals surface area contributed by atoms with Crippen molar-refractivity contribution in [2.45, 2.75) is 37.9 Å². The normalized spacial score (nSPS) is 19.3. The van der Waals surface area contributed by atoms with Crippen LogP contribution < -0.4 is 9.47 Å². The Morgan fingerprint density at radius 1 is 1.13 bits per heavy atom. The van der Waals surface area contributed by atoms with Gasteiger partial charge in [0.25, 0.3) is 0 Å². The first-order valence-electron chi connectivity index (χ1n) is 12.6. The Labute approximate surface area is 225 Å². The number of carbonyl (C=O) groups excluding carboxylic acids is 1. The number of halogens is 1. The van der Waals surface area contributed by atoms with E-state index in [1.165, 1.54) is 0 Å². The molecular weight excluding hydrogens is 510 g/mol. The molecule has 0 aliphatic carbocycles. The number of nitrogens with zero attached hydrogens (tertiary/aromatic N) is 3. The molecule has 0 saturated carbocycles. The SMILES string of the molecule is COc1ccnc([C@H]2O[C@@H](CC(=O)N3CCC(CC(=O)O)CC3)c3cccn3-c3ccc(Cl)cc32)c1OC. The van der Waals surface area contributed by atoms with E-state index in [0.717, 1.165) is 16.9 Å². The summed E-state index contributed by atoms with van der Waals surface area (Å²) in [6, 6.07) is 11.2. The monoisotopic (exact) mass is 539 g/mol. The van der Waals surface area contributed by atoms with E-state index >= 15 is 0 Å². The first-order valence-corrected chi connectivity index (χ1v) is 13.0. The van der Waals surface area contributed by atoms with Crippen molar-refractivity contribution in [2.24, 2.45) is 5.92 Å². The number of hydrogen-bond acceptors (Lipinski definition) is 6. The standard InChI is InChI=1S/C28H30ClN3O6/c1-36-22-7-10-30-26(28(22)37-2)27-19-15-18(29)5-6-20(19)32-11-3-4-21(32)23(38-27)16-24(33)31-12-8-17(9-13-31)14-25(34)35/h3-7,10-11,15,17,23,27H,8-9,12-14,16H2,1-2H3,(H,34,35)/t23-,27-/m0/s1. The number of fused-ring (bicyclic) bond motifs is 3. The maximum atomic E-state index is 13.5. The lowest BCUT2D eigenvalue weighted by Crippen LogP contribution is -2.39. The molecule has 5 rings (SSSR count). The van der Waals surface area contributed by atoms with Gasteiger partial charge in [-0.1, -0.05) is 11.6 Å². The number of carboxylic acids is 1. The van der Waals surface area contributed by atoms with E-state index < -0.39 is 18.2 Å². The molecule has 2 atom stereocenters. The largest absolute Gasteiger partial charge is 0.493 e. The molecule has 4 heterocycles. The van der Waals surface area contributed by atoms with Gasteiger partial charge < -0.3 is 28.8 Å². The molecule has 2 aromatic heterocycles. The highest BCUT2D eigenvalue weighted by Crippen LogP contribution is 2.45. The average molecular weight is 540 g/mol. The molecule has 1 saturated heterocycles. The third kappa shape index (κ3) is 5.08. The number of benzene rings is 1. The summed E-state index contributed by atoms with van der Waals surface area (Å²) >= 11 is 6.44. The van der Waals surface area contributed by atoms with E-state index in [4.69, 9.17) is 30.9 Å². The van der Waals surface area contributed by atoms with E-state index in [0.29, 0.717) is 48.1 Å². The molecule has 1 fully saturated rings. The highest BCUT2D eigenvalue weighted by Gasteiger charge is 2.36. The van der Waals surface area contributed by atoms with Crippen LogP contribution in [0.3, 0.4) is 0 Å². The number of rotatable bonds is 7. The summed E-state index contributed by atoms with van der Waals surface area (Å²) in [6.45, 7) is 1.07. The van der Waals surface area contributed by atoms with Crippen molar-refractivity contribution in [3.8, 4) is 17.2 Å². The van der Waals surface area contributed by atoms with Gasteiger partial charge in [-0.15, -0.1) is 0 Å². The number of aromatic nitrogens is 2. The predicted octanol–water partition coefficient (Wildman–Crippen LogP) is 4.81. The Morgan fingerprint density at radius 2 is 1.92 bits per heavy atom. The third-order valence-electron chi connectivity index (χ3n) is 7.30. The molecule has 1 aromatic carbocycles. The summed E-state index contributed by atoms with van der Waals surface area (Å²) < 4.78 is 20.0. The van der Waals surface area contributed by atoms with Gasteiger partial charge in [-0.2, -0.15) is 0 Å². The lowest BCUT2D eigenvalue weighted by Gasteiger charge is -2.32. The van der Waals surface area contributed by atoms with Gasteiger partial charge in [-0.3, -0.25) is 14.6 Å². The number of piperidine rings is 1. The number of hydrogen-bond donors (Lipinski definition) is 1. The van der Waals surface area contributed by atoms with Crippen molar-refractivity contribution in [1.29, 1.82) is 0 Å². The molecule has 1 amide bonds. The predicted molar refractivity (Wildman–Crippen MR) is 140 cm³/mol. The molecule has 0 radical (unpaired) electrons. The highest BCUT2D eigenvalue weighted by molar-refractivity contribution is 6.30. The summed E-state index contributed by atoms with van der Waals surface area (Å²) in [5.74, 6) is 0.228. The van der Waals surface area contributed by atoms with Crippen LogP contribution in [-0.4, -0.2) is 58.7 Å². The van der Waals surface area contributed by atoms with Crippen LogP contribution in [0.25, 0.3) is 5.69 Å². The Kier molecular flexibility index (Phi) is 7.58. The second kappa shape index (κ2) is 11.0. The van der Waals surface area contributed by atoms with Gasteiger partial charge in [-0.25, -0.2) is 0 Å². The Balaban J connectivity index is 1.49. The highest BCUT2D eigenvalue weighted by atomic mass is 35.5. The molecule has 10 heteroatoms.